The summed E-state index contributed by atoms with van der Waals surface area (Å²) in [5.74, 6) is 0.734. The number of H-pyrrole nitrogens is 1. The normalized spacial score (nSPS) is 11.7. The van der Waals surface area contributed by atoms with Gasteiger partial charge in [-0.05, 0) is 55.5 Å². The van der Waals surface area contributed by atoms with Gasteiger partial charge in [-0.1, -0.05) is 23.7 Å². The standard InChI is InChI=1S/C16H13ClN4OS/c1-10(13-4-2-3-5-14(13)22)20-21-15(18-19-16(21)23)11-6-8-12(17)9-7-11/h2-9,22H,1H3,(H,19,23). The van der Waals surface area contributed by atoms with Crippen molar-refractivity contribution in [1.82, 2.24) is 14.9 Å². The number of aromatic amines is 1. The van der Waals surface area contributed by atoms with Gasteiger partial charge in [-0.15, -0.1) is 0 Å². The van der Waals surface area contributed by atoms with Gasteiger partial charge in [0.25, 0.3) is 0 Å². The van der Waals surface area contributed by atoms with E-state index >= 15 is 0 Å². The molecule has 23 heavy (non-hydrogen) atoms. The van der Waals surface area contributed by atoms with Crippen molar-refractivity contribution >= 4 is 29.5 Å². The second kappa shape index (κ2) is 6.36. The molecule has 1 heterocycles. The van der Waals surface area contributed by atoms with E-state index in [0.717, 1.165) is 5.56 Å². The molecule has 0 saturated carbocycles. The molecule has 0 fully saturated rings. The maximum atomic E-state index is 9.94. The van der Waals surface area contributed by atoms with E-state index in [0.29, 0.717) is 26.9 Å². The number of nitrogens with zero attached hydrogens (tertiary/aromatic N) is 3. The van der Waals surface area contributed by atoms with E-state index in [1.54, 1.807) is 37.3 Å². The Morgan fingerprint density at radius 1 is 1.22 bits per heavy atom. The van der Waals surface area contributed by atoms with E-state index in [1.165, 1.54) is 4.68 Å². The van der Waals surface area contributed by atoms with E-state index in [-0.39, 0.29) is 5.75 Å². The molecule has 0 saturated heterocycles. The van der Waals surface area contributed by atoms with Crippen molar-refractivity contribution in [3.05, 3.63) is 63.9 Å². The van der Waals surface area contributed by atoms with Gasteiger partial charge in [0.05, 0.1) is 5.71 Å². The Morgan fingerprint density at radius 2 is 1.91 bits per heavy atom. The molecule has 2 aromatic carbocycles. The Morgan fingerprint density at radius 3 is 2.61 bits per heavy atom. The topological polar surface area (TPSA) is 66.2 Å². The lowest BCUT2D eigenvalue weighted by atomic mass is 10.1. The summed E-state index contributed by atoms with van der Waals surface area (Å²) in [6.07, 6.45) is 0. The number of aromatic hydroxyl groups is 1. The summed E-state index contributed by atoms with van der Waals surface area (Å²) in [5, 5.41) is 22.0. The third kappa shape index (κ3) is 3.18. The van der Waals surface area contributed by atoms with Crippen molar-refractivity contribution in [3.63, 3.8) is 0 Å². The molecule has 116 valence electrons. The van der Waals surface area contributed by atoms with Crippen molar-refractivity contribution in [2.24, 2.45) is 5.10 Å². The highest BCUT2D eigenvalue weighted by Gasteiger charge is 2.10. The Bertz CT molecular complexity index is 928. The fourth-order valence-corrected chi connectivity index (χ4v) is 2.45. The zero-order valence-corrected chi connectivity index (χ0v) is 13.8. The fourth-order valence-electron chi connectivity index (χ4n) is 2.15. The van der Waals surface area contributed by atoms with Gasteiger partial charge in [0, 0.05) is 16.1 Å². The number of phenols is 1. The Hall–Kier alpha value is -2.44. The molecule has 2 N–H and O–H groups in total. The van der Waals surface area contributed by atoms with Crippen LogP contribution in [0.25, 0.3) is 11.4 Å². The summed E-state index contributed by atoms with van der Waals surface area (Å²) in [4.78, 5) is 0. The van der Waals surface area contributed by atoms with E-state index in [2.05, 4.69) is 15.3 Å². The maximum Gasteiger partial charge on any atom is 0.216 e. The van der Waals surface area contributed by atoms with Crippen LogP contribution < -0.4 is 0 Å². The number of aromatic nitrogens is 3. The lowest BCUT2D eigenvalue weighted by Crippen LogP contribution is -2.02. The fraction of sp³-hybridized carbons (Fsp3) is 0.0625. The van der Waals surface area contributed by atoms with Crippen LogP contribution in [0.1, 0.15) is 12.5 Å². The minimum atomic E-state index is 0.164. The lowest BCUT2D eigenvalue weighted by molar-refractivity contribution is 0.474. The predicted octanol–water partition coefficient (Wildman–Crippen LogP) is 4.24. The molecule has 5 nitrogen and oxygen atoms in total. The molecular formula is C16H13ClN4OS. The first-order valence-corrected chi connectivity index (χ1v) is 7.62. The monoisotopic (exact) mass is 344 g/mol. The van der Waals surface area contributed by atoms with Gasteiger partial charge in [-0.2, -0.15) is 14.9 Å². The number of nitrogens with one attached hydrogen (secondary N) is 1. The second-order valence-electron chi connectivity index (χ2n) is 4.87. The van der Waals surface area contributed by atoms with Crippen molar-refractivity contribution in [3.8, 4) is 17.1 Å². The molecule has 7 heteroatoms. The number of halogens is 1. The number of phenolic OH excluding ortho intramolecular Hbond substituents is 1. The molecule has 0 spiro atoms. The first-order valence-electron chi connectivity index (χ1n) is 6.83. The molecule has 0 aliphatic carbocycles. The summed E-state index contributed by atoms with van der Waals surface area (Å²) in [7, 11) is 0. The van der Waals surface area contributed by atoms with Crippen molar-refractivity contribution in [2.75, 3.05) is 0 Å². The molecule has 0 radical (unpaired) electrons. The first kappa shape index (κ1) is 15.5. The molecule has 0 amide bonds. The first-order chi connectivity index (χ1) is 11.1. The number of para-hydroxylation sites is 1. The summed E-state index contributed by atoms with van der Waals surface area (Å²) in [6, 6.07) is 14.2. The van der Waals surface area contributed by atoms with Crippen LogP contribution in [0.2, 0.25) is 5.02 Å². The van der Waals surface area contributed by atoms with Gasteiger partial charge in [-0.25, -0.2) is 5.10 Å². The van der Waals surface area contributed by atoms with Gasteiger partial charge < -0.3 is 5.11 Å². The molecule has 0 unspecified atom stereocenters. The number of hydrogen-bond acceptors (Lipinski definition) is 4. The maximum absolute atomic E-state index is 9.94. The van der Waals surface area contributed by atoms with E-state index in [1.807, 2.05) is 18.2 Å². The minimum absolute atomic E-state index is 0.164. The van der Waals surface area contributed by atoms with Gasteiger partial charge in [0.1, 0.15) is 5.75 Å². The average molecular weight is 345 g/mol. The third-order valence-corrected chi connectivity index (χ3v) is 3.81. The Balaban J connectivity index is 2.09. The molecule has 1 aromatic heterocycles. The highest BCUT2D eigenvalue weighted by Crippen LogP contribution is 2.21. The van der Waals surface area contributed by atoms with Crippen molar-refractivity contribution in [1.29, 1.82) is 0 Å². The van der Waals surface area contributed by atoms with Gasteiger partial charge in [0.15, 0.2) is 5.82 Å². The Kier molecular flexibility index (Phi) is 4.27. The van der Waals surface area contributed by atoms with Gasteiger partial charge in [0.2, 0.25) is 4.77 Å². The van der Waals surface area contributed by atoms with E-state index in [9.17, 15) is 5.11 Å². The van der Waals surface area contributed by atoms with Crippen LogP contribution in [-0.4, -0.2) is 25.7 Å². The third-order valence-electron chi connectivity index (χ3n) is 3.30. The van der Waals surface area contributed by atoms with Crippen LogP contribution >= 0.6 is 23.8 Å². The van der Waals surface area contributed by atoms with Crippen LogP contribution in [0.3, 0.4) is 0 Å². The highest BCUT2D eigenvalue weighted by molar-refractivity contribution is 7.71. The average Bonchev–Trinajstić information content (AvgIpc) is 2.89. The van der Waals surface area contributed by atoms with Crippen LogP contribution in [0.5, 0.6) is 5.75 Å². The van der Waals surface area contributed by atoms with Crippen molar-refractivity contribution in [2.45, 2.75) is 6.92 Å². The molecule has 0 aliphatic rings. The number of hydrogen-bond donors (Lipinski definition) is 2. The van der Waals surface area contributed by atoms with E-state index in [4.69, 9.17) is 23.8 Å². The predicted molar refractivity (Wildman–Crippen MR) is 93.6 cm³/mol. The summed E-state index contributed by atoms with van der Waals surface area (Å²) >= 11 is 11.2. The summed E-state index contributed by atoms with van der Waals surface area (Å²) < 4.78 is 1.89. The highest BCUT2D eigenvalue weighted by atomic mass is 35.5. The molecule has 3 rings (SSSR count). The molecule has 0 aliphatic heterocycles. The largest absolute Gasteiger partial charge is 0.507 e. The minimum Gasteiger partial charge on any atom is -0.507 e. The van der Waals surface area contributed by atoms with Crippen LogP contribution in [0.4, 0.5) is 0 Å². The molecule has 0 bridgehead atoms. The molecule has 3 aromatic rings. The zero-order chi connectivity index (χ0) is 16.4. The summed E-state index contributed by atoms with van der Waals surface area (Å²) in [5.41, 5.74) is 2.09. The van der Waals surface area contributed by atoms with E-state index < -0.39 is 0 Å². The Labute approximate surface area is 142 Å². The zero-order valence-electron chi connectivity index (χ0n) is 12.2. The quantitative estimate of drug-likeness (QED) is 0.551. The van der Waals surface area contributed by atoms with Crippen LogP contribution in [0, 0.1) is 4.77 Å². The number of benzene rings is 2. The molecule has 0 atom stereocenters. The van der Waals surface area contributed by atoms with Crippen molar-refractivity contribution < 1.29 is 5.11 Å². The molecular weight excluding hydrogens is 332 g/mol. The van der Waals surface area contributed by atoms with Crippen LogP contribution in [0.15, 0.2) is 53.6 Å². The smallest absolute Gasteiger partial charge is 0.216 e. The van der Waals surface area contributed by atoms with Gasteiger partial charge in [-0.3, -0.25) is 0 Å². The lowest BCUT2D eigenvalue weighted by Gasteiger charge is -2.06. The summed E-state index contributed by atoms with van der Waals surface area (Å²) in [6.45, 7) is 1.80. The number of rotatable bonds is 3. The van der Waals surface area contributed by atoms with Gasteiger partial charge >= 0.3 is 0 Å². The SMILES string of the molecule is CC(=Nn1c(-c2ccc(Cl)cc2)n[nH]c1=S)c1ccccc1O. The second-order valence-corrected chi connectivity index (χ2v) is 5.70. The van der Waals surface area contributed by atoms with Crippen LogP contribution in [-0.2, 0) is 0 Å².